The minimum atomic E-state index is 0.580. The molecule has 0 atom stereocenters. The van der Waals surface area contributed by atoms with Gasteiger partial charge in [0.15, 0.2) is 0 Å². The van der Waals surface area contributed by atoms with Crippen molar-refractivity contribution in [3.8, 4) is 0 Å². The van der Waals surface area contributed by atoms with Crippen LogP contribution >= 0.6 is 0 Å². The fourth-order valence-electron chi connectivity index (χ4n) is 1.79. The molecular weight excluding hydrogens is 107 g/mol. The highest BCUT2D eigenvalue weighted by molar-refractivity contribution is 6.62. The van der Waals surface area contributed by atoms with Crippen LogP contribution in [0, 0.1) is 0 Å². The molecule has 1 saturated heterocycles. The summed E-state index contributed by atoms with van der Waals surface area (Å²) in [6.45, 7) is 8.10. The summed E-state index contributed by atoms with van der Waals surface area (Å²) >= 11 is 0. The van der Waals surface area contributed by atoms with E-state index in [0.717, 1.165) is 6.71 Å². The number of rotatable bonds is 0. The Balaban J connectivity index is 2.42. The average Bonchev–Trinajstić information content (AvgIpc) is 2.08. The predicted molar refractivity (Wildman–Crippen MR) is 44.3 cm³/mol. The molecule has 1 aliphatic rings. The fraction of sp³-hybridized carbons (Fsp3) is 1.00. The minimum Gasteiger partial charge on any atom is -0.0738 e. The molecule has 1 heteroatoms. The van der Waals surface area contributed by atoms with Gasteiger partial charge in [0.1, 0.15) is 6.71 Å². The van der Waals surface area contributed by atoms with Crippen LogP contribution in [0.25, 0.3) is 0 Å². The van der Waals surface area contributed by atoms with Crippen LogP contribution in [0.5, 0.6) is 0 Å². The summed E-state index contributed by atoms with van der Waals surface area (Å²) in [4.78, 5) is 0. The largest absolute Gasteiger partial charge is 0.145 e. The molecule has 0 bridgehead atoms. The van der Waals surface area contributed by atoms with E-state index in [4.69, 9.17) is 0 Å². The van der Waals surface area contributed by atoms with Crippen LogP contribution in [0.15, 0.2) is 0 Å². The van der Waals surface area contributed by atoms with Crippen molar-refractivity contribution in [3.05, 3.63) is 0 Å². The monoisotopic (exact) mass is 124 g/mol. The first-order valence-electron chi connectivity index (χ1n) is 4.11. The van der Waals surface area contributed by atoms with Crippen LogP contribution in [0.2, 0.25) is 18.0 Å². The smallest absolute Gasteiger partial charge is 0.0738 e. The molecule has 1 rings (SSSR count). The molecule has 0 N–H and O–H groups in total. The lowest BCUT2D eigenvalue weighted by Crippen LogP contribution is -2.20. The molecule has 52 valence electrons. The third-order valence-corrected chi connectivity index (χ3v) is 2.58. The molecule has 1 aliphatic heterocycles. The molecule has 0 nitrogen and oxygen atoms in total. The Labute approximate surface area is 59.1 Å². The van der Waals surface area contributed by atoms with Crippen LogP contribution in [0.4, 0.5) is 0 Å². The zero-order chi connectivity index (χ0) is 6.91. The van der Waals surface area contributed by atoms with Gasteiger partial charge in [-0.15, -0.1) is 0 Å². The van der Waals surface area contributed by atoms with Gasteiger partial charge in [-0.2, -0.15) is 0 Å². The lowest BCUT2D eigenvalue weighted by atomic mass is 9.34. The van der Waals surface area contributed by atoms with Gasteiger partial charge < -0.3 is 0 Å². The summed E-state index contributed by atoms with van der Waals surface area (Å²) in [7, 11) is 0. The molecule has 0 aromatic rings. The van der Waals surface area contributed by atoms with Gasteiger partial charge in [0, 0.05) is 0 Å². The highest BCUT2D eigenvalue weighted by Crippen LogP contribution is 2.37. The van der Waals surface area contributed by atoms with Gasteiger partial charge >= 0.3 is 0 Å². The van der Waals surface area contributed by atoms with Crippen molar-refractivity contribution >= 4 is 6.71 Å². The van der Waals surface area contributed by atoms with Gasteiger partial charge in [-0.3, -0.25) is 0 Å². The predicted octanol–water partition coefficient (Wildman–Crippen LogP) is 3.08. The van der Waals surface area contributed by atoms with Crippen molar-refractivity contribution in [2.45, 2.75) is 51.6 Å². The highest BCUT2D eigenvalue weighted by Gasteiger charge is 2.30. The molecule has 1 heterocycles. The van der Waals surface area contributed by atoms with Gasteiger partial charge in [-0.25, -0.2) is 0 Å². The van der Waals surface area contributed by atoms with Crippen molar-refractivity contribution in [1.29, 1.82) is 0 Å². The summed E-state index contributed by atoms with van der Waals surface area (Å²) in [5.41, 5.74) is 0. The van der Waals surface area contributed by atoms with Crippen molar-refractivity contribution in [1.82, 2.24) is 0 Å². The molecule has 0 aromatic carbocycles. The van der Waals surface area contributed by atoms with E-state index in [2.05, 4.69) is 20.8 Å². The van der Waals surface area contributed by atoms with E-state index in [0.29, 0.717) is 5.31 Å². The van der Waals surface area contributed by atoms with Gasteiger partial charge in [0.25, 0.3) is 0 Å². The van der Waals surface area contributed by atoms with Crippen molar-refractivity contribution < 1.29 is 0 Å². The van der Waals surface area contributed by atoms with Crippen molar-refractivity contribution in [2.75, 3.05) is 0 Å². The molecule has 0 radical (unpaired) electrons. The maximum atomic E-state index is 2.36. The van der Waals surface area contributed by atoms with Crippen molar-refractivity contribution in [2.24, 2.45) is 0 Å². The molecule has 9 heavy (non-hydrogen) atoms. The van der Waals surface area contributed by atoms with E-state index in [1.165, 1.54) is 25.5 Å². The Hall–Kier alpha value is 0.0649. The maximum absolute atomic E-state index is 2.36. The van der Waals surface area contributed by atoms with E-state index in [1.807, 2.05) is 0 Å². The molecule has 0 aromatic heterocycles. The van der Waals surface area contributed by atoms with Gasteiger partial charge in [-0.1, -0.05) is 51.6 Å². The second-order valence-electron chi connectivity index (χ2n) is 4.35. The molecule has 0 saturated carbocycles. The standard InChI is InChI=1S/C8H17B/c1-8(2,3)9-6-4-5-7-9/h4-7H2,1-3H3. The summed E-state index contributed by atoms with van der Waals surface area (Å²) in [6, 6.07) is 0. The summed E-state index contributed by atoms with van der Waals surface area (Å²) < 4.78 is 0. The van der Waals surface area contributed by atoms with E-state index < -0.39 is 0 Å². The van der Waals surface area contributed by atoms with Crippen molar-refractivity contribution in [3.63, 3.8) is 0 Å². The van der Waals surface area contributed by atoms with E-state index >= 15 is 0 Å². The Morgan fingerprint density at radius 3 is 1.67 bits per heavy atom. The summed E-state index contributed by atoms with van der Waals surface area (Å²) in [5, 5.41) is 0.580. The van der Waals surface area contributed by atoms with E-state index in [9.17, 15) is 0 Å². The molecule has 0 amide bonds. The third-order valence-electron chi connectivity index (χ3n) is 2.58. The van der Waals surface area contributed by atoms with E-state index in [-0.39, 0.29) is 0 Å². The molecule has 1 fully saturated rings. The SMILES string of the molecule is CC(C)(C)B1CCCC1. The Kier molecular flexibility index (Phi) is 1.88. The normalized spacial score (nSPS) is 21.0. The topological polar surface area (TPSA) is 0 Å². The van der Waals surface area contributed by atoms with Gasteiger partial charge in [0.2, 0.25) is 0 Å². The molecular formula is C8H17B. The van der Waals surface area contributed by atoms with Crippen LogP contribution in [-0.4, -0.2) is 6.71 Å². The van der Waals surface area contributed by atoms with Crippen LogP contribution in [0.3, 0.4) is 0 Å². The third kappa shape index (κ3) is 1.74. The number of hydrogen-bond acceptors (Lipinski definition) is 0. The number of hydrogen-bond donors (Lipinski definition) is 0. The fourth-order valence-corrected chi connectivity index (χ4v) is 1.79. The Bertz CT molecular complexity index is 85.2. The maximum Gasteiger partial charge on any atom is 0.145 e. The lowest BCUT2D eigenvalue weighted by Gasteiger charge is -2.23. The first-order chi connectivity index (χ1) is 4.11. The van der Waals surface area contributed by atoms with Crippen LogP contribution < -0.4 is 0 Å². The summed E-state index contributed by atoms with van der Waals surface area (Å²) in [5.74, 6) is 0. The van der Waals surface area contributed by atoms with Gasteiger partial charge in [-0.05, 0) is 0 Å². The Morgan fingerprint density at radius 2 is 1.44 bits per heavy atom. The summed E-state index contributed by atoms with van der Waals surface area (Å²) in [6.07, 6.45) is 5.90. The van der Waals surface area contributed by atoms with Gasteiger partial charge in [0.05, 0.1) is 0 Å². The van der Waals surface area contributed by atoms with Crippen LogP contribution in [0.1, 0.15) is 33.6 Å². The van der Waals surface area contributed by atoms with E-state index in [1.54, 1.807) is 0 Å². The average molecular weight is 124 g/mol. The lowest BCUT2D eigenvalue weighted by molar-refractivity contribution is 0.734. The second-order valence-corrected chi connectivity index (χ2v) is 4.35. The second kappa shape index (κ2) is 2.36. The molecule has 0 unspecified atom stereocenters. The Morgan fingerprint density at radius 1 is 1.00 bits per heavy atom. The quantitative estimate of drug-likeness (QED) is 0.435. The first-order valence-corrected chi connectivity index (χ1v) is 4.11. The van der Waals surface area contributed by atoms with Crippen LogP contribution in [-0.2, 0) is 0 Å². The molecule has 0 aliphatic carbocycles. The first kappa shape index (κ1) is 7.18. The minimum absolute atomic E-state index is 0.580. The highest BCUT2D eigenvalue weighted by atomic mass is 14.1. The zero-order valence-electron chi connectivity index (χ0n) is 6.91. The zero-order valence-corrected chi connectivity index (χ0v) is 6.91. The molecule has 0 spiro atoms.